The van der Waals surface area contributed by atoms with E-state index in [1.807, 2.05) is 19.2 Å². The number of rotatable bonds is 23. The van der Waals surface area contributed by atoms with Crippen LogP contribution in [0.4, 0.5) is 0 Å². The molecule has 0 saturated carbocycles. The summed E-state index contributed by atoms with van der Waals surface area (Å²) >= 11 is 0. The summed E-state index contributed by atoms with van der Waals surface area (Å²) in [6, 6.07) is -9.93. The average molecular weight is 718 g/mol. The molecule has 50 heavy (non-hydrogen) atoms. The number of hydrogen-bond donors (Lipinski definition) is 13. The molecule has 0 aromatic heterocycles. The molecule has 0 rings (SSSR count). The van der Waals surface area contributed by atoms with Crippen LogP contribution in [0, 0.1) is 5.92 Å². The summed E-state index contributed by atoms with van der Waals surface area (Å²) in [5.74, 6) is -8.40. The minimum atomic E-state index is -1.73. The normalized spacial score (nSPS) is 15.0. The van der Waals surface area contributed by atoms with Crippen LogP contribution < -0.4 is 54.8 Å². The van der Waals surface area contributed by atoms with Crippen molar-refractivity contribution in [3.05, 3.63) is 0 Å². The molecule has 0 unspecified atom stereocenters. The van der Waals surface area contributed by atoms with Gasteiger partial charge >= 0.3 is 5.97 Å². The van der Waals surface area contributed by atoms with E-state index in [0.29, 0.717) is 6.42 Å². The Morgan fingerprint density at radius 2 is 1.06 bits per heavy atom. The fourth-order valence-corrected chi connectivity index (χ4v) is 4.08. The first kappa shape index (κ1) is 44.9. The molecule has 0 aromatic carbocycles. The molecule has 0 radical (unpaired) electrons. The summed E-state index contributed by atoms with van der Waals surface area (Å²) in [4.78, 5) is 104. The second-order valence-electron chi connectivity index (χ2n) is 11.8. The Kier molecular flexibility index (Phi) is 20.2. The van der Waals surface area contributed by atoms with Crippen molar-refractivity contribution in [2.45, 2.75) is 95.7 Å². The number of carbonyl (C=O) groups is 8. The zero-order valence-corrected chi connectivity index (χ0v) is 28.4. The van der Waals surface area contributed by atoms with E-state index >= 15 is 0 Å². The van der Waals surface area contributed by atoms with Crippen molar-refractivity contribution in [2.75, 3.05) is 19.8 Å². The van der Waals surface area contributed by atoms with E-state index in [1.54, 1.807) is 0 Å². The molecule has 0 saturated heterocycles. The second kappa shape index (κ2) is 22.5. The number of aliphatic carboxylic acids is 1. The molecular weight excluding hydrogens is 666 g/mol. The first-order chi connectivity index (χ1) is 23.2. The van der Waals surface area contributed by atoms with Crippen LogP contribution in [-0.2, 0) is 38.4 Å². The summed E-state index contributed by atoms with van der Waals surface area (Å²) in [5.41, 5.74) is 21.7. The Hall–Kier alpha value is -5.09. The third-order valence-corrected chi connectivity index (χ3v) is 6.80. The molecule has 22 nitrogen and oxygen atoms in total. The van der Waals surface area contributed by atoms with Crippen molar-refractivity contribution in [3.8, 4) is 0 Å². The molecule has 0 aliphatic rings. The number of nitrogens with two attached hydrogens (primary N) is 4. The van der Waals surface area contributed by atoms with Gasteiger partial charge in [0.25, 0.3) is 0 Å². The predicted molar refractivity (Wildman–Crippen MR) is 176 cm³/mol. The van der Waals surface area contributed by atoms with Crippen molar-refractivity contribution in [3.63, 3.8) is 0 Å². The number of aliphatic hydroxyl groups excluding tert-OH is 2. The average Bonchev–Trinajstić information content (AvgIpc) is 3.01. The Labute approximate surface area is 288 Å². The van der Waals surface area contributed by atoms with E-state index in [1.165, 1.54) is 13.8 Å². The van der Waals surface area contributed by atoms with Gasteiger partial charge in [-0.05, 0) is 39.0 Å². The third-order valence-electron chi connectivity index (χ3n) is 6.80. The third kappa shape index (κ3) is 17.3. The number of carboxylic acids is 1. The van der Waals surface area contributed by atoms with Gasteiger partial charge in [0.1, 0.15) is 36.3 Å². The van der Waals surface area contributed by atoms with E-state index in [-0.39, 0.29) is 31.3 Å². The molecule has 7 amide bonds. The van der Waals surface area contributed by atoms with Crippen LogP contribution in [0.2, 0.25) is 0 Å². The Balaban J connectivity index is 5.84. The quantitative estimate of drug-likeness (QED) is 0.0265. The highest BCUT2D eigenvalue weighted by molar-refractivity contribution is 5.98. The molecular formula is C28H51N11O11. The molecule has 0 aliphatic heterocycles. The summed E-state index contributed by atoms with van der Waals surface area (Å²) in [6.45, 7) is 4.33. The summed E-state index contributed by atoms with van der Waals surface area (Å²) in [5, 5.41) is 41.4. The highest BCUT2D eigenvalue weighted by Crippen LogP contribution is 2.05. The van der Waals surface area contributed by atoms with Crippen molar-refractivity contribution in [2.24, 2.45) is 33.8 Å². The lowest BCUT2D eigenvalue weighted by atomic mass is 10.0. The molecule has 0 bridgehead atoms. The maximum atomic E-state index is 13.3. The first-order valence-corrected chi connectivity index (χ1v) is 15.6. The lowest BCUT2D eigenvalue weighted by Gasteiger charge is -2.26. The molecule has 0 spiro atoms. The van der Waals surface area contributed by atoms with Gasteiger partial charge in [-0.3, -0.25) is 38.6 Å². The van der Waals surface area contributed by atoms with Gasteiger partial charge in [-0.2, -0.15) is 0 Å². The molecule has 7 atom stereocenters. The zero-order valence-electron chi connectivity index (χ0n) is 28.4. The van der Waals surface area contributed by atoms with Gasteiger partial charge in [-0.25, -0.2) is 4.79 Å². The van der Waals surface area contributed by atoms with E-state index in [4.69, 9.17) is 33.1 Å². The van der Waals surface area contributed by atoms with Gasteiger partial charge < -0.3 is 70.2 Å². The summed E-state index contributed by atoms with van der Waals surface area (Å²) in [7, 11) is 0. The number of aliphatic imine (C=N–C) groups is 1. The lowest BCUT2D eigenvalue weighted by molar-refractivity contribution is -0.143. The van der Waals surface area contributed by atoms with E-state index in [2.05, 4.69) is 31.6 Å². The highest BCUT2D eigenvalue weighted by atomic mass is 16.4. The molecule has 284 valence electrons. The Morgan fingerprint density at radius 3 is 1.52 bits per heavy atom. The molecule has 17 N–H and O–H groups in total. The SMILES string of the molecule is CC(C)C[C@H](N)C(=O)N[C@@H](C)C(=O)N[C@@H](CO)C(=O)N[C@@H](CC(N)=O)C(=O)N[C@@H](CCCN=C(N)N)C(=O)N[C@@H](C)C(=O)N[C@@H](CO)C(=O)O. The number of hydrogen-bond acceptors (Lipinski definition) is 12. The van der Waals surface area contributed by atoms with Crippen molar-refractivity contribution < 1.29 is 53.7 Å². The number of primary amides is 1. The fourth-order valence-electron chi connectivity index (χ4n) is 4.08. The highest BCUT2D eigenvalue weighted by Gasteiger charge is 2.32. The number of nitrogens with one attached hydrogen (secondary N) is 6. The number of carbonyl (C=O) groups excluding carboxylic acids is 7. The standard InChI is InChI=1S/C28H51N11O11/c1-12(2)8-15(29)23(45)34-13(3)21(43)38-18(10-40)26(48)37-17(9-20(30)42)25(47)36-16(6-5-7-33-28(31)32)24(46)35-14(4)22(44)39-19(11-41)27(49)50/h12-19,40-41H,5-11,29H2,1-4H3,(H2,30,42)(H,34,45)(H,35,46)(H,36,47)(H,37,48)(H,38,43)(H,39,44)(H,49,50)(H4,31,32,33)/t13-,14-,15-,16-,17-,18-,19-/m0/s1. The van der Waals surface area contributed by atoms with E-state index in [9.17, 15) is 43.5 Å². The minimum Gasteiger partial charge on any atom is -0.480 e. The fraction of sp³-hybridized carbons (Fsp3) is 0.679. The number of guanidine groups is 1. The van der Waals surface area contributed by atoms with Gasteiger partial charge in [-0.15, -0.1) is 0 Å². The molecule has 0 heterocycles. The largest absolute Gasteiger partial charge is 0.480 e. The maximum absolute atomic E-state index is 13.3. The van der Waals surface area contributed by atoms with Crippen LogP contribution in [-0.4, -0.2) is 131 Å². The van der Waals surface area contributed by atoms with Gasteiger partial charge in [0.2, 0.25) is 41.4 Å². The number of amides is 7. The number of carboxylic acid groups (broad SMARTS) is 1. The summed E-state index contributed by atoms with van der Waals surface area (Å²) < 4.78 is 0. The van der Waals surface area contributed by atoms with Crippen LogP contribution in [0.5, 0.6) is 0 Å². The zero-order chi connectivity index (χ0) is 38.7. The summed E-state index contributed by atoms with van der Waals surface area (Å²) in [6.07, 6.45) is -0.488. The van der Waals surface area contributed by atoms with Crippen LogP contribution in [0.25, 0.3) is 0 Å². The smallest absolute Gasteiger partial charge is 0.328 e. The topological polar surface area (TPSA) is 386 Å². The maximum Gasteiger partial charge on any atom is 0.328 e. The Bertz CT molecular complexity index is 1240. The minimum absolute atomic E-state index is 0.0106. The van der Waals surface area contributed by atoms with Crippen LogP contribution in [0.15, 0.2) is 4.99 Å². The monoisotopic (exact) mass is 717 g/mol. The van der Waals surface area contributed by atoms with Gasteiger partial charge in [0.15, 0.2) is 5.96 Å². The van der Waals surface area contributed by atoms with Gasteiger partial charge in [-0.1, -0.05) is 13.8 Å². The van der Waals surface area contributed by atoms with Gasteiger partial charge in [0, 0.05) is 6.54 Å². The Morgan fingerprint density at radius 1 is 0.620 bits per heavy atom. The number of aliphatic hydroxyl groups is 2. The lowest BCUT2D eigenvalue weighted by Crippen LogP contribution is -2.60. The molecule has 0 aromatic rings. The number of nitrogens with zero attached hydrogens (tertiary/aromatic N) is 1. The van der Waals surface area contributed by atoms with Crippen molar-refractivity contribution >= 4 is 53.3 Å². The molecule has 0 aliphatic carbocycles. The molecule has 0 fully saturated rings. The molecule has 22 heteroatoms. The van der Waals surface area contributed by atoms with E-state index < -0.39 is 109 Å². The van der Waals surface area contributed by atoms with Crippen LogP contribution in [0.3, 0.4) is 0 Å². The van der Waals surface area contributed by atoms with Crippen molar-refractivity contribution in [1.82, 2.24) is 31.9 Å². The predicted octanol–water partition coefficient (Wildman–Crippen LogP) is -6.69. The van der Waals surface area contributed by atoms with Crippen molar-refractivity contribution in [1.29, 1.82) is 0 Å². The van der Waals surface area contributed by atoms with Crippen LogP contribution >= 0.6 is 0 Å². The van der Waals surface area contributed by atoms with Gasteiger partial charge in [0.05, 0.1) is 25.7 Å². The first-order valence-electron chi connectivity index (χ1n) is 15.6. The van der Waals surface area contributed by atoms with Crippen LogP contribution in [0.1, 0.15) is 53.4 Å². The second-order valence-corrected chi connectivity index (χ2v) is 11.8. The van der Waals surface area contributed by atoms with E-state index in [0.717, 1.165) is 0 Å².